The lowest BCUT2D eigenvalue weighted by Crippen LogP contribution is -2.10. The van der Waals surface area contributed by atoms with Crippen LogP contribution in [0.2, 0.25) is 0 Å². The van der Waals surface area contributed by atoms with E-state index in [1.165, 1.54) is 21.9 Å². The van der Waals surface area contributed by atoms with E-state index < -0.39 is 0 Å². The highest BCUT2D eigenvalue weighted by Crippen LogP contribution is 2.28. The average molecular weight is 358 g/mol. The second kappa shape index (κ2) is 7.20. The summed E-state index contributed by atoms with van der Waals surface area (Å²) in [5.74, 6) is 0.238. The van der Waals surface area contributed by atoms with E-state index >= 15 is 0 Å². The van der Waals surface area contributed by atoms with Gasteiger partial charge in [0.25, 0.3) is 0 Å². The fourth-order valence-electron chi connectivity index (χ4n) is 1.81. The Bertz CT molecular complexity index is 585. The van der Waals surface area contributed by atoms with Crippen LogP contribution in [0.1, 0.15) is 22.2 Å². The Morgan fingerprint density at radius 2 is 2.15 bits per heavy atom. The van der Waals surface area contributed by atoms with Gasteiger partial charge < -0.3 is 10.1 Å². The predicted molar refractivity (Wildman–Crippen MR) is 84.9 cm³/mol. The smallest absolute Gasteiger partial charge is 0.136 e. The van der Waals surface area contributed by atoms with Crippen LogP contribution in [-0.2, 0) is 13.2 Å². The molecule has 0 atom stereocenters. The SMILES string of the molecule is CCNCc1cc(COc2cc(F)ccc2Br)c(C)s1. The largest absolute Gasteiger partial charge is 0.488 e. The van der Waals surface area contributed by atoms with Crippen molar-refractivity contribution in [2.75, 3.05) is 6.54 Å². The van der Waals surface area contributed by atoms with Crippen molar-refractivity contribution in [3.8, 4) is 5.75 Å². The van der Waals surface area contributed by atoms with Crippen LogP contribution in [0.25, 0.3) is 0 Å². The molecule has 0 saturated carbocycles. The van der Waals surface area contributed by atoms with E-state index in [-0.39, 0.29) is 5.82 Å². The summed E-state index contributed by atoms with van der Waals surface area (Å²) in [7, 11) is 0. The summed E-state index contributed by atoms with van der Waals surface area (Å²) in [5, 5.41) is 3.31. The molecule has 0 spiro atoms. The first-order chi connectivity index (χ1) is 9.60. The Balaban J connectivity index is 2.03. The number of nitrogens with one attached hydrogen (secondary N) is 1. The zero-order chi connectivity index (χ0) is 14.5. The molecular formula is C15H17BrFNOS. The number of rotatable bonds is 6. The summed E-state index contributed by atoms with van der Waals surface area (Å²) in [5.41, 5.74) is 1.15. The van der Waals surface area contributed by atoms with Crippen LogP contribution in [0.15, 0.2) is 28.7 Å². The van der Waals surface area contributed by atoms with Crippen molar-refractivity contribution in [3.05, 3.63) is 49.9 Å². The predicted octanol–water partition coefficient (Wildman–Crippen LogP) is 4.65. The third-order valence-electron chi connectivity index (χ3n) is 2.90. The van der Waals surface area contributed by atoms with Gasteiger partial charge in [0.15, 0.2) is 0 Å². The molecule has 1 aromatic heterocycles. The van der Waals surface area contributed by atoms with Crippen molar-refractivity contribution in [1.29, 1.82) is 0 Å². The summed E-state index contributed by atoms with van der Waals surface area (Å²) in [6.07, 6.45) is 0. The van der Waals surface area contributed by atoms with E-state index in [2.05, 4.69) is 41.2 Å². The van der Waals surface area contributed by atoms with Gasteiger partial charge in [-0.25, -0.2) is 4.39 Å². The molecule has 0 unspecified atom stereocenters. The Hall–Kier alpha value is -0.910. The molecule has 0 aliphatic rings. The monoisotopic (exact) mass is 357 g/mol. The number of ether oxygens (including phenoxy) is 1. The Labute approximate surface area is 131 Å². The molecule has 0 amide bonds. The molecule has 0 bridgehead atoms. The van der Waals surface area contributed by atoms with Crippen molar-refractivity contribution in [3.63, 3.8) is 0 Å². The highest BCUT2D eigenvalue weighted by Gasteiger charge is 2.08. The van der Waals surface area contributed by atoms with E-state index in [9.17, 15) is 4.39 Å². The molecule has 20 heavy (non-hydrogen) atoms. The number of hydrogen-bond donors (Lipinski definition) is 1. The first-order valence-corrected chi connectivity index (χ1v) is 8.08. The third kappa shape index (κ3) is 4.04. The van der Waals surface area contributed by atoms with Crippen LogP contribution in [0.3, 0.4) is 0 Å². The van der Waals surface area contributed by atoms with Gasteiger partial charge in [-0.2, -0.15) is 0 Å². The number of aryl methyl sites for hydroxylation is 1. The first kappa shape index (κ1) is 15.5. The maximum absolute atomic E-state index is 13.2. The zero-order valence-corrected chi connectivity index (χ0v) is 13.9. The maximum Gasteiger partial charge on any atom is 0.136 e. The molecule has 0 saturated heterocycles. The number of thiophene rings is 1. The Kier molecular flexibility index (Phi) is 5.57. The first-order valence-electron chi connectivity index (χ1n) is 6.47. The molecule has 1 N–H and O–H groups in total. The minimum absolute atomic E-state index is 0.293. The van der Waals surface area contributed by atoms with Gasteiger partial charge >= 0.3 is 0 Å². The lowest BCUT2D eigenvalue weighted by molar-refractivity contribution is 0.302. The summed E-state index contributed by atoms with van der Waals surface area (Å²) < 4.78 is 19.7. The Morgan fingerprint density at radius 3 is 2.90 bits per heavy atom. The van der Waals surface area contributed by atoms with Crippen molar-refractivity contribution < 1.29 is 9.13 Å². The summed E-state index contributed by atoms with van der Waals surface area (Å²) >= 11 is 5.13. The standard InChI is InChI=1S/C15H17BrFNOS/c1-3-18-8-13-6-11(10(2)20-13)9-19-15-7-12(17)4-5-14(15)16/h4-7,18H,3,8-9H2,1-2H3. The molecule has 2 nitrogen and oxygen atoms in total. The van der Waals surface area contributed by atoms with E-state index in [1.54, 1.807) is 17.4 Å². The van der Waals surface area contributed by atoms with Gasteiger partial charge in [-0.15, -0.1) is 11.3 Å². The van der Waals surface area contributed by atoms with Crippen LogP contribution in [0.4, 0.5) is 4.39 Å². The van der Waals surface area contributed by atoms with Crippen LogP contribution >= 0.6 is 27.3 Å². The van der Waals surface area contributed by atoms with Crippen LogP contribution in [0.5, 0.6) is 5.75 Å². The van der Waals surface area contributed by atoms with Gasteiger partial charge in [0.1, 0.15) is 18.2 Å². The van der Waals surface area contributed by atoms with E-state index in [1.807, 2.05) is 0 Å². The highest BCUT2D eigenvalue weighted by molar-refractivity contribution is 9.10. The van der Waals surface area contributed by atoms with Crippen LogP contribution in [-0.4, -0.2) is 6.54 Å². The summed E-state index contributed by atoms with van der Waals surface area (Å²) in [6, 6.07) is 6.60. The van der Waals surface area contributed by atoms with Gasteiger partial charge in [-0.05, 0) is 47.6 Å². The zero-order valence-electron chi connectivity index (χ0n) is 11.5. The number of benzene rings is 1. The number of hydrogen-bond acceptors (Lipinski definition) is 3. The average Bonchev–Trinajstić information content (AvgIpc) is 2.78. The van der Waals surface area contributed by atoms with Crippen LogP contribution in [0, 0.1) is 12.7 Å². The molecule has 2 aromatic rings. The van der Waals surface area contributed by atoms with Gasteiger partial charge in [0, 0.05) is 27.9 Å². The fourth-order valence-corrected chi connectivity index (χ4v) is 3.19. The third-order valence-corrected chi connectivity index (χ3v) is 4.65. The highest BCUT2D eigenvalue weighted by atomic mass is 79.9. The van der Waals surface area contributed by atoms with Gasteiger partial charge in [-0.3, -0.25) is 0 Å². The van der Waals surface area contributed by atoms with E-state index in [4.69, 9.17) is 4.74 Å². The second-order valence-electron chi connectivity index (χ2n) is 4.44. The molecule has 1 heterocycles. The molecule has 1 aromatic carbocycles. The normalized spacial score (nSPS) is 10.8. The molecule has 108 valence electrons. The lowest BCUT2D eigenvalue weighted by Gasteiger charge is -2.07. The Morgan fingerprint density at radius 1 is 1.35 bits per heavy atom. The topological polar surface area (TPSA) is 21.3 Å². The van der Waals surface area contributed by atoms with Crippen molar-refractivity contribution in [1.82, 2.24) is 5.32 Å². The van der Waals surface area contributed by atoms with Crippen LogP contribution < -0.4 is 10.1 Å². The molecule has 5 heteroatoms. The molecule has 0 fully saturated rings. The van der Waals surface area contributed by atoms with Crippen molar-refractivity contribution in [2.45, 2.75) is 27.0 Å². The minimum atomic E-state index is -0.293. The lowest BCUT2D eigenvalue weighted by atomic mass is 10.2. The minimum Gasteiger partial charge on any atom is -0.488 e. The molecule has 2 rings (SSSR count). The second-order valence-corrected chi connectivity index (χ2v) is 6.63. The van der Waals surface area contributed by atoms with Gasteiger partial charge in [0.05, 0.1) is 4.47 Å². The van der Waals surface area contributed by atoms with Gasteiger partial charge in [0.2, 0.25) is 0 Å². The van der Waals surface area contributed by atoms with E-state index in [0.717, 1.165) is 23.1 Å². The van der Waals surface area contributed by atoms with Crippen molar-refractivity contribution >= 4 is 27.3 Å². The molecular weight excluding hydrogens is 341 g/mol. The summed E-state index contributed by atoms with van der Waals surface area (Å²) in [4.78, 5) is 2.53. The fraction of sp³-hybridized carbons (Fsp3) is 0.333. The maximum atomic E-state index is 13.2. The van der Waals surface area contributed by atoms with Crippen molar-refractivity contribution in [2.24, 2.45) is 0 Å². The molecule has 0 aliphatic carbocycles. The summed E-state index contributed by atoms with van der Waals surface area (Å²) in [6.45, 7) is 6.46. The molecule has 0 radical (unpaired) electrons. The quantitative estimate of drug-likeness (QED) is 0.812. The van der Waals surface area contributed by atoms with E-state index in [0.29, 0.717) is 12.4 Å². The van der Waals surface area contributed by atoms with Gasteiger partial charge in [-0.1, -0.05) is 6.92 Å². The molecule has 0 aliphatic heterocycles. The number of halogens is 2.